The average Bonchev–Trinajstić information content (AvgIpc) is 3.38. The number of β-lactam (4-membered cyclic amide) rings is 1. The molecule has 0 aromatic heterocycles. The van der Waals surface area contributed by atoms with Crippen LogP contribution < -0.4 is 0 Å². The molecule has 3 heterocycles. The summed E-state index contributed by atoms with van der Waals surface area (Å²) in [6.45, 7) is 12.4. The molecule has 4 rings (SSSR count). The van der Waals surface area contributed by atoms with E-state index in [9.17, 15) is 4.79 Å². The van der Waals surface area contributed by atoms with E-state index in [0.717, 1.165) is 17.1 Å². The molecule has 1 aromatic carbocycles. The summed E-state index contributed by atoms with van der Waals surface area (Å²) in [6.07, 6.45) is 2.54. The molecule has 37 heavy (non-hydrogen) atoms. The van der Waals surface area contributed by atoms with Gasteiger partial charge in [0.25, 0.3) is 5.91 Å². The Morgan fingerprint density at radius 3 is 2.30 bits per heavy atom. The summed E-state index contributed by atoms with van der Waals surface area (Å²) in [5.41, 5.74) is 1.08. The van der Waals surface area contributed by atoms with Crippen molar-refractivity contribution in [3.63, 3.8) is 0 Å². The molecule has 1 amide bonds. The number of hydrogen-bond donors (Lipinski definition) is 0. The minimum Gasteiger partial charge on any atom is -0.369 e. The summed E-state index contributed by atoms with van der Waals surface area (Å²) < 4.78 is 31.0. The van der Waals surface area contributed by atoms with Crippen LogP contribution in [0.4, 0.5) is 0 Å². The predicted octanol–water partition coefficient (Wildman–Crippen LogP) is 4.80. The Labute approximate surface area is 229 Å². The van der Waals surface area contributed by atoms with Gasteiger partial charge in [-0.05, 0) is 44.8 Å². The van der Waals surface area contributed by atoms with Crippen LogP contribution in [0, 0.1) is 0 Å². The zero-order valence-electron chi connectivity index (χ0n) is 22.9. The number of ether oxygens (including phenoxy) is 5. The minimum absolute atomic E-state index is 0.0235. The molecule has 0 unspecified atom stereocenters. The largest absolute Gasteiger partial charge is 0.369 e. The van der Waals surface area contributed by atoms with E-state index in [-0.39, 0.29) is 34.8 Å². The highest BCUT2D eigenvalue weighted by Crippen LogP contribution is 2.45. The van der Waals surface area contributed by atoms with E-state index in [2.05, 4.69) is 38.1 Å². The second-order valence-corrected chi connectivity index (χ2v) is 13.5. The normalized spacial score (nSPS) is 31.8. The van der Waals surface area contributed by atoms with Crippen molar-refractivity contribution in [2.24, 2.45) is 0 Å². The second kappa shape index (κ2) is 12.0. The molecular weight excluding hydrogens is 510 g/mol. The van der Waals surface area contributed by atoms with Crippen molar-refractivity contribution in [1.29, 1.82) is 0 Å². The van der Waals surface area contributed by atoms with Crippen LogP contribution >= 0.6 is 23.5 Å². The van der Waals surface area contributed by atoms with Gasteiger partial charge in [-0.15, -0.1) is 23.5 Å². The summed E-state index contributed by atoms with van der Waals surface area (Å²) in [5.74, 6) is 0.319. The van der Waals surface area contributed by atoms with Crippen molar-refractivity contribution in [2.45, 2.75) is 94.2 Å². The van der Waals surface area contributed by atoms with Crippen LogP contribution in [-0.2, 0) is 28.5 Å². The summed E-state index contributed by atoms with van der Waals surface area (Å²) in [4.78, 5) is 15.6. The zero-order valence-corrected chi connectivity index (χ0v) is 24.6. The molecule has 3 fully saturated rings. The molecule has 0 bridgehead atoms. The molecule has 0 spiro atoms. The van der Waals surface area contributed by atoms with Crippen molar-refractivity contribution in [2.75, 3.05) is 25.2 Å². The van der Waals surface area contributed by atoms with Gasteiger partial charge in [0, 0.05) is 7.11 Å². The molecule has 206 valence electrons. The fourth-order valence-corrected chi connectivity index (χ4v) is 8.15. The standard InChI is InChI=1S/C28H41NO6S2/c1-8-36-26(37-9-2)21(24-23(34-28(5,6)35-24)20-17-32-27(3,4)33-20)29-19(22(31-7)25(29)30)16-15-18-13-11-10-12-14-18/h10-16,19-24,26H,8-9,17H2,1-7H3/b16-15+/t19-,20+,21+,22+,23+,24+/m0/s1. The van der Waals surface area contributed by atoms with Crippen LogP contribution in [-0.4, -0.2) is 88.7 Å². The molecule has 3 aliphatic rings. The number of likely N-dealkylation sites (tertiary alicyclic amines) is 1. The van der Waals surface area contributed by atoms with Crippen molar-refractivity contribution >= 4 is 35.5 Å². The lowest BCUT2D eigenvalue weighted by Gasteiger charge is -2.52. The third kappa shape index (κ3) is 6.40. The van der Waals surface area contributed by atoms with E-state index in [1.165, 1.54) is 0 Å². The maximum Gasteiger partial charge on any atom is 0.255 e. The quantitative estimate of drug-likeness (QED) is 0.287. The highest BCUT2D eigenvalue weighted by molar-refractivity contribution is 8.17. The van der Waals surface area contributed by atoms with Crippen molar-refractivity contribution in [1.82, 2.24) is 4.90 Å². The van der Waals surface area contributed by atoms with Crippen LogP contribution in [0.1, 0.15) is 47.1 Å². The first kappa shape index (κ1) is 28.9. The van der Waals surface area contributed by atoms with Gasteiger partial charge in [0.15, 0.2) is 17.7 Å². The number of carbonyl (C=O) groups is 1. The molecule has 0 radical (unpaired) electrons. The van der Waals surface area contributed by atoms with Gasteiger partial charge in [-0.3, -0.25) is 4.79 Å². The van der Waals surface area contributed by atoms with Crippen molar-refractivity contribution in [3.05, 3.63) is 42.0 Å². The molecule has 3 saturated heterocycles. The maximum absolute atomic E-state index is 13.6. The number of nitrogens with zero attached hydrogens (tertiary/aromatic N) is 1. The SMILES string of the molecule is CCSC(SCC)[C@@H]([C@H]1OC(C)(C)O[C@@H]1[C@H]1COC(C)(C)O1)N1C(=O)[C@H](OC)[C@@H]1/C=C/c1ccccc1. The summed E-state index contributed by atoms with van der Waals surface area (Å²) in [6, 6.07) is 9.64. The van der Waals surface area contributed by atoms with Gasteiger partial charge in [0.1, 0.15) is 18.3 Å². The maximum atomic E-state index is 13.6. The molecule has 0 aliphatic carbocycles. The molecule has 9 heteroatoms. The molecule has 0 N–H and O–H groups in total. The van der Waals surface area contributed by atoms with Crippen LogP contribution in [0.25, 0.3) is 6.08 Å². The molecule has 6 atom stereocenters. The second-order valence-electron chi connectivity index (χ2n) is 10.4. The Hall–Kier alpha value is -1.07. The first-order chi connectivity index (χ1) is 17.6. The van der Waals surface area contributed by atoms with E-state index in [4.69, 9.17) is 23.7 Å². The Morgan fingerprint density at radius 1 is 1.05 bits per heavy atom. The van der Waals surface area contributed by atoms with Gasteiger partial charge >= 0.3 is 0 Å². The fourth-order valence-electron chi connectivity index (χ4n) is 5.32. The van der Waals surface area contributed by atoms with E-state index < -0.39 is 23.8 Å². The van der Waals surface area contributed by atoms with Gasteiger partial charge in [0.2, 0.25) is 0 Å². The van der Waals surface area contributed by atoms with Gasteiger partial charge in [-0.1, -0.05) is 56.3 Å². The monoisotopic (exact) mass is 551 g/mol. The van der Waals surface area contributed by atoms with Gasteiger partial charge in [-0.25, -0.2) is 0 Å². The highest BCUT2D eigenvalue weighted by atomic mass is 32.2. The molecule has 1 aromatic rings. The number of benzene rings is 1. The number of amides is 1. The number of carbonyl (C=O) groups excluding carboxylic acids is 1. The van der Waals surface area contributed by atoms with E-state index in [1.54, 1.807) is 7.11 Å². The van der Waals surface area contributed by atoms with Crippen LogP contribution in [0.5, 0.6) is 0 Å². The smallest absolute Gasteiger partial charge is 0.255 e. The van der Waals surface area contributed by atoms with Crippen LogP contribution in [0.15, 0.2) is 36.4 Å². The van der Waals surface area contributed by atoms with Gasteiger partial charge in [-0.2, -0.15) is 0 Å². The van der Waals surface area contributed by atoms with Gasteiger partial charge in [0.05, 0.1) is 23.3 Å². The first-order valence-electron chi connectivity index (χ1n) is 13.1. The lowest BCUT2D eigenvalue weighted by molar-refractivity contribution is -0.182. The van der Waals surface area contributed by atoms with Crippen LogP contribution in [0.2, 0.25) is 0 Å². The number of thioether (sulfide) groups is 2. The minimum atomic E-state index is -0.814. The molecule has 3 aliphatic heterocycles. The van der Waals surface area contributed by atoms with Gasteiger partial charge < -0.3 is 28.6 Å². The molecule has 7 nitrogen and oxygen atoms in total. The predicted molar refractivity (Wildman–Crippen MR) is 149 cm³/mol. The Bertz CT molecular complexity index is 936. The summed E-state index contributed by atoms with van der Waals surface area (Å²) >= 11 is 3.68. The van der Waals surface area contributed by atoms with Crippen molar-refractivity contribution < 1.29 is 28.5 Å². The fraction of sp³-hybridized carbons (Fsp3) is 0.679. The Kier molecular flexibility index (Phi) is 9.37. The summed E-state index contributed by atoms with van der Waals surface area (Å²) in [5, 5.41) is 0. The third-order valence-electron chi connectivity index (χ3n) is 6.83. The summed E-state index contributed by atoms with van der Waals surface area (Å²) in [7, 11) is 1.60. The third-order valence-corrected chi connectivity index (χ3v) is 9.53. The molecule has 0 saturated carbocycles. The van der Waals surface area contributed by atoms with Crippen molar-refractivity contribution in [3.8, 4) is 0 Å². The van der Waals surface area contributed by atoms with E-state index in [1.807, 2.05) is 74.3 Å². The number of hydrogen-bond acceptors (Lipinski definition) is 8. The highest BCUT2D eigenvalue weighted by Gasteiger charge is 2.60. The zero-order chi connectivity index (χ0) is 26.8. The average molecular weight is 552 g/mol. The van der Waals surface area contributed by atoms with Crippen LogP contribution in [0.3, 0.4) is 0 Å². The lowest BCUT2D eigenvalue weighted by atomic mass is 9.90. The topological polar surface area (TPSA) is 66.5 Å². The first-order valence-corrected chi connectivity index (χ1v) is 15.2. The molecular formula is C28H41NO6S2. The number of rotatable bonds is 11. The number of methoxy groups -OCH3 is 1. The Morgan fingerprint density at radius 2 is 1.73 bits per heavy atom. The Balaban J connectivity index is 1.71. The van der Waals surface area contributed by atoms with E-state index in [0.29, 0.717) is 6.61 Å². The van der Waals surface area contributed by atoms with E-state index >= 15 is 0 Å². The lowest BCUT2D eigenvalue weighted by Crippen LogP contribution is -2.72.